The van der Waals surface area contributed by atoms with E-state index >= 15 is 0 Å². The van der Waals surface area contributed by atoms with Gasteiger partial charge in [-0.2, -0.15) is 0 Å². The molecule has 0 radical (unpaired) electrons. The number of benzene rings is 1. The van der Waals surface area contributed by atoms with Crippen molar-refractivity contribution in [2.75, 3.05) is 24.6 Å². The molecule has 1 aromatic carbocycles. The molecule has 0 saturated carbocycles. The number of amides is 1. The number of likely N-dealkylation sites (N-methyl/N-ethyl adjacent to an activating group) is 1. The Morgan fingerprint density at radius 2 is 2.20 bits per heavy atom. The van der Waals surface area contributed by atoms with Crippen molar-refractivity contribution in [2.24, 2.45) is 0 Å². The van der Waals surface area contributed by atoms with Crippen LogP contribution >= 0.6 is 0 Å². The summed E-state index contributed by atoms with van der Waals surface area (Å²) in [5.74, 6) is -0.0676. The fourth-order valence-electron chi connectivity index (χ4n) is 1.92. The third-order valence-corrected chi connectivity index (χ3v) is 2.76. The van der Waals surface area contributed by atoms with Gasteiger partial charge in [0, 0.05) is 30.3 Å². The Hall–Kier alpha value is -2.40. The van der Waals surface area contributed by atoms with Crippen LogP contribution in [0.25, 0.3) is 0 Å². The zero-order valence-electron chi connectivity index (χ0n) is 11.4. The Labute approximate surface area is 118 Å². The van der Waals surface area contributed by atoms with Crippen molar-refractivity contribution in [3.05, 3.63) is 54.4 Å². The minimum Gasteiger partial charge on any atom is -0.399 e. The molecule has 20 heavy (non-hydrogen) atoms. The van der Waals surface area contributed by atoms with Crippen LogP contribution in [0.15, 0.2) is 48.8 Å². The molecule has 0 unspecified atom stereocenters. The van der Waals surface area contributed by atoms with E-state index in [2.05, 4.69) is 10.3 Å². The number of hydrogen-bond donors (Lipinski definition) is 2. The number of nitrogens with two attached hydrogens (primary N) is 1. The van der Waals surface area contributed by atoms with Crippen molar-refractivity contribution in [3.8, 4) is 0 Å². The third kappa shape index (κ3) is 4.37. The average molecular weight is 270 g/mol. The van der Waals surface area contributed by atoms with Crippen LogP contribution in [0.5, 0.6) is 0 Å². The summed E-state index contributed by atoms with van der Waals surface area (Å²) in [5.41, 5.74) is 8.09. The van der Waals surface area contributed by atoms with E-state index in [4.69, 9.17) is 5.73 Å². The van der Waals surface area contributed by atoms with Crippen LogP contribution in [0.2, 0.25) is 0 Å². The first-order valence-electron chi connectivity index (χ1n) is 6.36. The number of nitrogens with zero attached hydrogens (tertiary/aromatic N) is 2. The van der Waals surface area contributed by atoms with E-state index in [0.717, 1.165) is 5.56 Å². The summed E-state index contributed by atoms with van der Waals surface area (Å²) in [6.45, 7) is 0.988. The standard InChI is InChI=1S/C15H18N4O/c1-19(10-12-4-3-7-17-9-12)11-15(20)18-14-6-2-5-13(16)8-14/h2-9H,10-11,16H2,1H3,(H,18,20). The van der Waals surface area contributed by atoms with Gasteiger partial charge in [-0.1, -0.05) is 12.1 Å². The van der Waals surface area contributed by atoms with Crippen molar-refractivity contribution in [2.45, 2.75) is 6.54 Å². The molecule has 0 aliphatic heterocycles. The largest absolute Gasteiger partial charge is 0.399 e. The monoisotopic (exact) mass is 270 g/mol. The van der Waals surface area contributed by atoms with Gasteiger partial charge in [-0.15, -0.1) is 0 Å². The number of hydrogen-bond acceptors (Lipinski definition) is 4. The lowest BCUT2D eigenvalue weighted by atomic mass is 10.2. The first kappa shape index (κ1) is 14.0. The molecule has 3 N–H and O–H groups in total. The Bertz CT molecular complexity index is 571. The van der Waals surface area contributed by atoms with Gasteiger partial charge in [0.25, 0.3) is 0 Å². The first-order chi connectivity index (χ1) is 9.63. The van der Waals surface area contributed by atoms with E-state index in [-0.39, 0.29) is 5.91 Å². The predicted octanol–water partition coefficient (Wildman–Crippen LogP) is 1.73. The number of carbonyl (C=O) groups excluding carboxylic acids is 1. The summed E-state index contributed by atoms with van der Waals surface area (Å²) in [6.07, 6.45) is 3.53. The lowest BCUT2D eigenvalue weighted by Crippen LogP contribution is -2.29. The third-order valence-electron chi connectivity index (χ3n) is 2.76. The van der Waals surface area contributed by atoms with Crippen molar-refractivity contribution in [1.29, 1.82) is 0 Å². The zero-order chi connectivity index (χ0) is 14.4. The van der Waals surface area contributed by atoms with E-state index < -0.39 is 0 Å². The number of pyridine rings is 1. The molecule has 0 fully saturated rings. The van der Waals surface area contributed by atoms with Crippen molar-refractivity contribution < 1.29 is 4.79 Å². The second-order valence-corrected chi connectivity index (χ2v) is 4.71. The van der Waals surface area contributed by atoms with E-state index in [0.29, 0.717) is 24.5 Å². The van der Waals surface area contributed by atoms with Crippen molar-refractivity contribution in [1.82, 2.24) is 9.88 Å². The summed E-state index contributed by atoms with van der Waals surface area (Å²) >= 11 is 0. The van der Waals surface area contributed by atoms with Crippen LogP contribution in [0.3, 0.4) is 0 Å². The highest BCUT2D eigenvalue weighted by Gasteiger charge is 2.07. The van der Waals surface area contributed by atoms with Gasteiger partial charge in [-0.3, -0.25) is 14.7 Å². The fraction of sp³-hybridized carbons (Fsp3) is 0.200. The van der Waals surface area contributed by atoms with Crippen LogP contribution in [-0.4, -0.2) is 29.4 Å². The van der Waals surface area contributed by atoms with Gasteiger partial charge in [-0.05, 0) is 36.9 Å². The molecule has 0 aliphatic carbocycles. The fourth-order valence-corrected chi connectivity index (χ4v) is 1.92. The van der Waals surface area contributed by atoms with Crippen molar-refractivity contribution >= 4 is 17.3 Å². The molecule has 1 aromatic heterocycles. The molecule has 0 saturated heterocycles. The van der Waals surface area contributed by atoms with Gasteiger partial charge < -0.3 is 11.1 Å². The van der Waals surface area contributed by atoms with Crippen LogP contribution < -0.4 is 11.1 Å². The van der Waals surface area contributed by atoms with Gasteiger partial charge in [0.05, 0.1) is 6.54 Å². The highest BCUT2D eigenvalue weighted by atomic mass is 16.2. The summed E-state index contributed by atoms with van der Waals surface area (Å²) < 4.78 is 0. The normalized spacial score (nSPS) is 10.5. The molecule has 0 spiro atoms. The van der Waals surface area contributed by atoms with Gasteiger partial charge in [0.1, 0.15) is 0 Å². The van der Waals surface area contributed by atoms with Crippen LogP contribution in [0.4, 0.5) is 11.4 Å². The lowest BCUT2D eigenvalue weighted by Gasteiger charge is -2.16. The Balaban J connectivity index is 1.85. The highest BCUT2D eigenvalue weighted by molar-refractivity contribution is 5.92. The quantitative estimate of drug-likeness (QED) is 0.812. The number of nitrogens with one attached hydrogen (secondary N) is 1. The van der Waals surface area contributed by atoms with Gasteiger partial charge in [0.15, 0.2) is 0 Å². The number of rotatable bonds is 5. The molecular formula is C15H18N4O. The van der Waals surface area contributed by atoms with E-state index in [1.807, 2.05) is 36.2 Å². The summed E-state index contributed by atoms with van der Waals surface area (Å²) in [7, 11) is 1.89. The minimum absolute atomic E-state index is 0.0676. The molecule has 2 aromatic rings. The molecule has 2 rings (SSSR count). The second kappa shape index (κ2) is 6.68. The molecular weight excluding hydrogens is 252 g/mol. The Kier molecular flexibility index (Phi) is 4.68. The smallest absolute Gasteiger partial charge is 0.238 e. The summed E-state index contributed by atoms with van der Waals surface area (Å²) in [4.78, 5) is 17.9. The van der Waals surface area contributed by atoms with Crippen LogP contribution in [-0.2, 0) is 11.3 Å². The van der Waals surface area contributed by atoms with Gasteiger partial charge in [-0.25, -0.2) is 0 Å². The van der Waals surface area contributed by atoms with E-state index in [9.17, 15) is 4.79 Å². The van der Waals surface area contributed by atoms with Crippen LogP contribution in [0, 0.1) is 0 Å². The second-order valence-electron chi connectivity index (χ2n) is 4.71. The number of nitrogen functional groups attached to an aromatic ring is 1. The SMILES string of the molecule is CN(CC(=O)Nc1cccc(N)c1)Cc1cccnc1. The summed E-state index contributed by atoms with van der Waals surface area (Å²) in [6, 6.07) is 11.0. The first-order valence-corrected chi connectivity index (χ1v) is 6.36. The molecule has 1 heterocycles. The van der Waals surface area contributed by atoms with Crippen molar-refractivity contribution in [3.63, 3.8) is 0 Å². The van der Waals surface area contributed by atoms with Crippen LogP contribution in [0.1, 0.15) is 5.56 Å². The topological polar surface area (TPSA) is 71.2 Å². The lowest BCUT2D eigenvalue weighted by molar-refractivity contribution is -0.117. The molecule has 0 bridgehead atoms. The Morgan fingerprint density at radius 1 is 1.35 bits per heavy atom. The average Bonchev–Trinajstić information content (AvgIpc) is 2.39. The van der Waals surface area contributed by atoms with E-state index in [1.165, 1.54) is 0 Å². The number of carbonyl (C=O) groups is 1. The maximum Gasteiger partial charge on any atom is 0.238 e. The Morgan fingerprint density at radius 3 is 2.90 bits per heavy atom. The highest BCUT2D eigenvalue weighted by Crippen LogP contribution is 2.11. The van der Waals surface area contributed by atoms with E-state index in [1.54, 1.807) is 24.5 Å². The zero-order valence-corrected chi connectivity index (χ0v) is 11.4. The maximum atomic E-state index is 11.9. The number of anilines is 2. The maximum absolute atomic E-state index is 11.9. The molecule has 5 nitrogen and oxygen atoms in total. The summed E-state index contributed by atoms with van der Waals surface area (Å²) in [5, 5.41) is 2.82. The molecule has 1 amide bonds. The molecule has 5 heteroatoms. The molecule has 0 aliphatic rings. The molecule has 0 atom stereocenters. The predicted molar refractivity (Wildman–Crippen MR) is 80.1 cm³/mol. The molecule has 104 valence electrons. The number of aromatic nitrogens is 1. The van der Waals surface area contributed by atoms with Gasteiger partial charge in [0.2, 0.25) is 5.91 Å². The minimum atomic E-state index is -0.0676. The van der Waals surface area contributed by atoms with Gasteiger partial charge >= 0.3 is 0 Å².